The van der Waals surface area contributed by atoms with Crippen molar-refractivity contribution in [2.75, 3.05) is 0 Å². The molecule has 1 fully saturated rings. The van der Waals surface area contributed by atoms with Crippen molar-refractivity contribution in [3.05, 3.63) is 29.6 Å². The van der Waals surface area contributed by atoms with Crippen LogP contribution in [0.2, 0.25) is 0 Å². The summed E-state index contributed by atoms with van der Waals surface area (Å²) in [6.45, 7) is 1.76. The van der Waals surface area contributed by atoms with E-state index in [1.165, 1.54) is 6.20 Å². The SMILES string of the molecule is Cc1cnccc1C1(C(=O)O)CCC(F)(F)CC1. The van der Waals surface area contributed by atoms with E-state index in [1.807, 2.05) is 0 Å². The molecule has 1 heterocycles. The Labute approximate surface area is 104 Å². The molecule has 0 aliphatic heterocycles. The molecule has 1 aliphatic rings. The highest BCUT2D eigenvalue weighted by atomic mass is 19.3. The average Bonchev–Trinajstić information content (AvgIpc) is 2.30. The highest BCUT2D eigenvalue weighted by Crippen LogP contribution is 2.46. The van der Waals surface area contributed by atoms with Gasteiger partial charge in [0.1, 0.15) is 0 Å². The standard InChI is InChI=1S/C13H15F2NO2/c1-9-8-16-7-2-10(9)12(11(17)18)3-5-13(14,15)6-4-12/h2,7-8H,3-6H2,1H3,(H,17,18). The molecule has 1 N–H and O–H groups in total. The average molecular weight is 255 g/mol. The van der Waals surface area contributed by atoms with Crippen LogP contribution < -0.4 is 0 Å². The molecule has 1 aromatic rings. The number of hydrogen-bond donors (Lipinski definition) is 1. The number of nitrogens with zero attached hydrogens (tertiary/aromatic N) is 1. The van der Waals surface area contributed by atoms with Gasteiger partial charge < -0.3 is 5.11 Å². The van der Waals surface area contributed by atoms with Gasteiger partial charge in [-0.3, -0.25) is 9.78 Å². The van der Waals surface area contributed by atoms with Crippen LogP contribution in [0, 0.1) is 6.92 Å². The summed E-state index contributed by atoms with van der Waals surface area (Å²) in [6, 6.07) is 1.63. The number of halogens is 2. The zero-order valence-corrected chi connectivity index (χ0v) is 10.1. The van der Waals surface area contributed by atoms with Gasteiger partial charge in [0.05, 0.1) is 5.41 Å². The first-order chi connectivity index (χ1) is 8.37. The Kier molecular flexibility index (Phi) is 3.09. The van der Waals surface area contributed by atoms with Crippen molar-refractivity contribution in [1.29, 1.82) is 0 Å². The summed E-state index contributed by atoms with van der Waals surface area (Å²) in [7, 11) is 0. The van der Waals surface area contributed by atoms with Crippen molar-refractivity contribution >= 4 is 5.97 Å². The van der Waals surface area contributed by atoms with Gasteiger partial charge in [0.15, 0.2) is 0 Å². The molecule has 5 heteroatoms. The van der Waals surface area contributed by atoms with Crippen LogP contribution in [0.25, 0.3) is 0 Å². The van der Waals surface area contributed by atoms with E-state index in [9.17, 15) is 18.7 Å². The minimum atomic E-state index is -2.74. The van der Waals surface area contributed by atoms with Crippen molar-refractivity contribution in [2.24, 2.45) is 0 Å². The molecule has 98 valence electrons. The number of alkyl halides is 2. The molecule has 2 rings (SSSR count). The second-order valence-corrected chi connectivity index (χ2v) is 4.93. The predicted molar refractivity (Wildman–Crippen MR) is 61.7 cm³/mol. The van der Waals surface area contributed by atoms with Gasteiger partial charge in [-0.2, -0.15) is 0 Å². The van der Waals surface area contributed by atoms with E-state index in [4.69, 9.17) is 0 Å². The number of aryl methyl sites for hydroxylation is 1. The molecule has 1 saturated carbocycles. The smallest absolute Gasteiger partial charge is 0.314 e. The van der Waals surface area contributed by atoms with Crippen molar-refractivity contribution in [3.8, 4) is 0 Å². The van der Waals surface area contributed by atoms with Gasteiger partial charge in [0, 0.05) is 25.2 Å². The molecule has 0 saturated heterocycles. The number of aliphatic carboxylic acids is 1. The van der Waals surface area contributed by atoms with E-state index in [2.05, 4.69) is 4.98 Å². The second kappa shape index (κ2) is 4.30. The molecule has 0 aromatic carbocycles. The Bertz CT molecular complexity index is 464. The third-order valence-corrected chi connectivity index (χ3v) is 3.78. The molecule has 1 aromatic heterocycles. The Morgan fingerprint density at radius 1 is 1.33 bits per heavy atom. The van der Waals surface area contributed by atoms with Gasteiger partial charge in [0.2, 0.25) is 5.92 Å². The number of pyridine rings is 1. The Hall–Kier alpha value is -1.52. The van der Waals surface area contributed by atoms with Crippen LogP contribution in [0.15, 0.2) is 18.5 Å². The topological polar surface area (TPSA) is 50.2 Å². The summed E-state index contributed by atoms with van der Waals surface area (Å²) in [5.74, 6) is -3.76. The normalized spacial score (nSPS) is 21.5. The molecule has 0 radical (unpaired) electrons. The Balaban J connectivity index is 2.42. The molecule has 1 aliphatic carbocycles. The third-order valence-electron chi connectivity index (χ3n) is 3.78. The van der Waals surface area contributed by atoms with Gasteiger partial charge in [-0.15, -0.1) is 0 Å². The number of aromatic nitrogens is 1. The number of carboxylic acids is 1. The van der Waals surface area contributed by atoms with Gasteiger partial charge in [-0.1, -0.05) is 0 Å². The quantitative estimate of drug-likeness (QED) is 0.884. The summed E-state index contributed by atoms with van der Waals surface area (Å²) in [4.78, 5) is 15.5. The lowest BCUT2D eigenvalue weighted by atomic mass is 9.67. The maximum Gasteiger partial charge on any atom is 0.314 e. The van der Waals surface area contributed by atoms with E-state index in [-0.39, 0.29) is 25.7 Å². The minimum Gasteiger partial charge on any atom is -0.481 e. The number of rotatable bonds is 2. The number of hydrogen-bond acceptors (Lipinski definition) is 2. The number of carbonyl (C=O) groups is 1. The summed E-state index contributed by atoms with van der Waals surface area (Å²) >= 11 is 0. The lowest BCUT2D eigenvalue weighted by molar-refractivity contribution is -0.149. The first kappa shape index (κ1) is 12.9. The molecule has 3 nitrogen and oxygen atoms in total. The molecule has 18 heavy (non-hydrogen) atoms. The predicted octanol–water partition coefficient (Wildman–Crippen LogP) is 2.92. The first-order valence-electron chi connectivity index (χ1n) is 5.90. The second-order valence-electron chi connectivity index (χ2n) is 4.93. The van der Waals surface area contributed by atoms with Crippen LogP contribution in [0.3, 0.4) is 0 Å². The molecule has 0 bridgehead atoms. The zero-order valence-electron chi connectivity index (χ0n) is 10.1. The summed E-state index contributed by atoms with van der Waals surface area (Å²) < 4.78 is 26.4. The van der Waals surface area contributed by atoms with Gasteiger partial charge in [-0.05, 0) is 37.0 Å². The molecule has 0 unspecified atom stereocenters. The Morgan fingerprint density at radius 3 is 2.44 bits per heavy atom. The molecule has 0 spiro atoms. The monoisotopic (exact) mass is 255 g/mol. The fourth-order valence-electron chi connectivity index (χ4n) is 2.65. The van der Waals surface area contributed by atoms with Crippen LogP contribution in [0.4, 0.5) is 8.78 Å². The van der Waals surface area contributed by atoms with Crippen molar-refractivity contribution in [1.82, 2.24) is 4.98 Å². The van der Waals surface area contributed by atoms with Crippen LogP contribution in [-0.4, -0.2) is 22.0 Å². The minimum absolute atomic E-state index is 0.0276. The van der Waals surface area contributed by atoms with Crippen LogP contribution in [0.1, 0.15) is 36.8 Å². The van der Waals surface area contributed by atoms with Gasteiger partial charge >= 0.3 is 5.97 Å². The van der Waals surface area contributed by atoms with Crippen molar-refractivity contribution in [3.63, 3.8) is 0 Å². The Morgan fingerprint density at radius 2 is 1.94 bits per heavy atom. The lowest BCUT2D eigenvalue weighted by Gasteiger charge is -2.37. The van der Waals surface area contributed by atoms with Crippen LogP contribution >= 0.6 is 0 Å². The fourth-order valence-corrected chi connectivity index (χ4v) is 2.65. The summed E-state index contributed by atoms with van der Waals surface area (Å²) in [5, 5.41) is 9.47. The van der Waals surface area contributed by atoms with E-state index < -0.39 is 17.3 Å². The van der Waals surface area contributed by atoms with E-state index in [0.717, 1.165) is 5.56 Å². The molecule has 0 amide bonds. The van der Waals surface area contributed by atoms with Crippen molar-refractivity contribution < 1.29 is 18.7 Å². The molecular formula is C13H15F2NO2. The van der Waals surface area contributed by atoms with E-state index in [0.29, 0.717) is 5.56 Å². The first-order valence-corrected chi connectivity index (χ1v) is 5.90. The maximum absolute atomic E-state index is 13.2. The summed E-state index contributed by atoms with van der Waals surface area (Å²) in [6.07, 6.45) is 2.29. The molecule has 0 atom stereocenters. The van der Waals surface area contributed by atoms with Crippen LogP contribution in [0.5, 0.6) is 0 Å². The van der Waals surface area contributed by atoms with Gasteiger partial charge in [-0.25, -0.2) is 8.78 Å². The maximum atomic E-state index is 13.2. The highest BCUT2D eigenvalue weighted by molar-refractivity contribution is 5.82. The van der Waals surface area contributed by atoms with E-state index in [1.54, 1.807) is 19.2 Å². The molecular weight excluding hydrogens is 240 g/mol. The zero-order chi connectivity index (χ0) is 13.4. The van der Waals surface area contributed by atoms with Crippen molar-refractivity contribution in [2.45, 2.75) is 43.9 Å². The highest BCUT2D eigenvalue weighted by Gasteiger charge is 2.49. The number of carboxylic acid groups (broad SMARTS) is 1. The largest absolute Gasteiger partial charge is 0.481 e. The fraction of sp³-hybridized carbons (Fsp3) is 0.538. The third kappa shape index (κ3) is 2.09. The van der Waals surface area contributed by atoms with Gasteiger partial charge in [0.25, 0.3) is 0 Å². The summed E-state index contributed by atoms with van der Waals surface area (Å²) in [5.41, 5.74) is 0.167. The van der Waals surface area contributed by atoms with E-state index >= 15 is 0 Å². The van der Waals surface area contributed by atoms with Crippen LogP contribution in [-0.2, 0) is 10.2 Å². The lowest BCUT2D eigenvalue weighted by Crippen LogP contribution is -2.43.